The van der Waals surface area contributed by atoms with Crippen LogP contribution in [0.3, 0.4) is 0 Å². The molecule has 0 aliphatic heterocycles. The van der Waals surface area contributed by atoms with Gasteiger partial charge in [-0.05, 0) is 26.3 Å². The fourth-order valence-corrected chi connectivity index (χ4v) is 2.32. The molecule has 3 nitrogen and oxygen atoms in total. The van der Waals surface area contributed by atoms with Crippen LogP contribution in [0.5, 0.6) is 0 Å². The van der Waals surface area contributed by atoms with Gasteiger partial charge in [-0.1, -0.05) is 29.3 Å². The molecule has 0 spiro atoms. The molecule has 17 heavy (non-hydrogen) atoms. The van der Waals surface area contributed by atoms with Crippen molar-refractivity contribution >= 4 is 15.6 Å². The van der Waals surface area contributed by atoms with E-state index in [1.54, 1.807) is 0 Å². The first-order valence-corrected chi connectivity index (χ1v) is 7.44. The number of benzene rings is 1. The van der Waals surface area contributed by atoms with Crippen LogP contribution in [-0.4, -0.2) is 25.7 Å². The lowest BCUT2D eigenvalue weighted by Crippen LogP contribution is -2.27. The number of carbonyl (C=O) groups excluding carboxylic acids is 1. The van der Waals surface area contributed by atoms with E-state index in [-0.39, 0.29) is 12.2 Å². The highest BCUT2D eigenvalue weighted by Crippen LogP contribution is 2.12. The number of hydrogen-bond donors (Lipinski definition) is 0. The molecule has 0 fully saturated rings. The Labute approximate surface area is 103 Å². The molecule has 0 bridgehead atoms. The van der Waals surface area contributed by atoms with Crippen molar-refractivity contribution in [1.82, 2.24) is 0 Å². The van der Waals surface area contributed by atoms with Gasteiger partial charge in [-0.3, -0.25) is 4.79 Å². The van der Waals surface area contributed by atoms with E-state index in [1.165, 1.54) is 6.92 Å². The van der Waals surface area contributed by atoms with E-state index in [2.05, 4.69) is 0 Å². The van der Waals surface area contributed by atoms with Crippen LogP contribution in [0, 0.1) is 13.8 Å². The predicted octanol–water partition coefficient (Wildman–Crippen LogP) is 1.85. The second kappa shape index (κ2) is 5.00. The number of hydrogen-bond acceptors (Lipinski definition) is 3. The smallest absolute Gasteiger partial charge is 0.157 e. The molecule has 0 N–H and O–H groups in total. The molecule has 0 aliphatic carbocycles. The summed E-state index contributed by atoms with van der Waals surface area (Å²) in [5.41, 5.74) is 3.04. The monoisotopic (exact) mass is 254 g/mol. The number of aryl methyl sites for hydroxylation is 2. The Morgan fingerprint density at radius 1 is 1.18 bits per heavy atom. The lowest BCUT2D eigenvalue weighted by atomic mass is 10.0. The third-order valence-electron chi connectivity index (χ3n) is 2.76. The van der Waals surface area contributed by atoms with Gasteiger partial charge in [0.05, 0.1) is 0 Å². The fraction of sp³-hybridized carbons (Fsp3) is 0.462. The summed E-state index contributed by atoms with van der Waals surface area (Å²) in [6.45, 7) is 5.36. The highest BCUT2D eigenvalue weighted by atomic mass is 32.2. The van der Waals surface area contributed by atoms with Crippen LogP contribution in [0.1, 0.15) is 23.6 Å². The van der Waals surface area contributed by atoms with Crippen molar-refractivity contribution in [2.24, 2.45) is 0 Å². The molecule has 0 aromatic heterocycles. The van der Waals surface area contributed by atoms with Gasteiger partial charge in [-0.25, -0.2) is 8.42 Å². The van der Waals surface area contributed by atoms with Crippen LogP contribution in [0.25, 0.3) is 0 Å². The summed E-state index contributed by atoms with van der Waals surface area (Å²) in [5.74, 6) is -0.252. The van der Waals surface area contributed by atoms with Crippen LogP contribution < -0.4 is 0 Å². The molecule has 4 heteroatoms. The van der Waals surface area contributed by atoms with Crippen LogP contribution >= 0.6 is 0 Å². The Morgan fingerprint density at radius 2 is 1.65 bits per heavy atom. The minimum absolute atomic E-state index is 0.177. The lowest BCUT2D eigenvalue weighted by Gasteiger charge is -2.09. The van der Waals surface area contributed by atoms with Crippen LogP contribution in [0.4, 0.5) is 0 Å². The summed E-state index contributed by atoms with van der Waals surface area (Å²) >= 11 is 0. The van der Waals surface area contributed by atoms with Gasteiger partial charge in [-0.15, -0.1) is 0 Å². The maximum atomic E-state index is 11.8. The normalized spacial score (nSPS) is 13.4. The maximum absolute atomic E-state index is 11.8. The van der Waals surface area contributed by atoms with Gasteiger partial charge in [0.15, 0.2) is 15.6 Å². The predicted molar refractivity (Wildman–Crippen MR) is 68.9 cm³/mol. The average Bonchev–Trinajstić information content (AvgIpc) is 2.13. The molecule has 1 aromatic rings. The van der Waals surface area contributed by atoms with Gasteiger partial charge in [0.25, 0.3) is 0 Å². The van der Waals surface area contributed by atoms with E-state index in [4.69, 9.17) is 0 Å². The third kappa shape index (κ3) is 3.97. The summed E-state index contributed by atoms with van der Waals surface area (Å²) in [6, 6.07) is 5.85. The van der Waals surface area contributed by atoms with E-state index in [0.29, 0.717) is 0 Å². The second-order valence-electron chi connectivity index (χ2n) is 4.61. The van der Waals surface area contributed by atoms with E-state index >= 15 is 0 Å². The van der Waals surface area contributed by atoms with Crippen molar-refractivity contribution in [3.05, 3.63) is 34.9 Å². The first kappa shape index (κ1) is 13.9. The Morgan fingerprint density at radius 3 is 2.06 bits per heavy atom. The van der Waals surface area contributed by atoms with Gasteiger partial charge in [-0.2, -0.15) is 0 Å². The fourth-order valence-electron chi connectivity index (χ4n) is 1.75. The SMILES string of the molecule is Cc1cc(C)cc(CC(=O)C(C)S(C)(=O)=O)c1. The van der Waals surface area contributed by atoms with Crippen molar-refractivity contribution in [3.8, 4) is 0 Å². The van der Waals surface area contributed by atoms with Crippen LogP contribution in [0.15, 0.2) is 18.2 Å². The molecule has 0 aliphatic rings. The zero-order chi connectivity index (χ0) is 13.2. The Bertz CT molecular complexity index is 509. The lowest BCUT2D eigenvalue weighted by molar-refractivity contribution is -0.117. The minimum atomic E-state index is -3.29. The van der Waals surface area contributed by atoms with Gasteiger partial charge in [0.1, 0.15) is 5.25 Å². The highest BCUT2D eigenvalue weighted by molar-refractivity contribution is 7.92. The molecule has 1 rings (SSSR count). The molecule has 0 amide bonds. The molecule has 0 heterocycles. The number of rotatable bonds is 4. The largest absolute Gasteiger partial charge is 0.298 e. The van der Waals surface area contributed by atoms with Gasteiger partial charge >= 0.3 is 0 Å². The number of sulfone groups is 1. The molecule has 0 saturated heterocycles. The second-order valence-corrected chi connectivity index (χ2v) is 6.98. The Hall–Kier alpha value is -1.16. The molecule has 0 saturated carbocycles. The average molecular weight is 254 g/mol. The van der Waals surface area contributed by atoms with Crippen molar-refractivity contribution in [2.75, 3.05) is 6.26 Å². The first-order chi connectivity index (χ1) is 7.70. The minimum Gasteiger partial charge on any atom is -0.298 e. The number of carbonyl (C=O) groups is 1. The van der Waals surface area contributed by atoms with E-state index in [9.17, 15) is 13.2 Å². The van der Waals surface area contributed by atoms with E-state index < -0.39 is 15.1 Å². The Balaban J connectivity index is 2.89. The Kier molecular flexibility index (Phi) is 4.09. The summed E-state index contributed by atoms with van der Waals surface area (Å²) in [5, 5.41) is -0.927. The number of Topliss-reactive ketones (excluding diaryl/α,β-unsaturated/α-hetero) is 1. The van der Waals surface area contributed by atoms with E-state index in [1.807, 2.05) is 32.0 Å². The van der Waals surface area contributed by atoms with Crippen molar-refractivity contribution in [2.45, 2.75) is 32.4 Å². The maximum Gasteiger partial charge on any atom is 0.157 e. The third-order valence-corrected chi connectivity index (χ3v) is 4.30. The van der Waals surface area contributed by atoms with Crippen LogP contribution in [0.2, 0.25) is 0 Å². The first-order valence-electron chi connectivity index (χ1n) is 5.49. The zero-order valence-corrected chi connectivity index (χ0v) is 11.5. The highest BCUT2D eigenvalue weighted by Gasteiger charge is 2.23. The van der Waals surface area contributed by atoms with Crippen molar-refractivity contribution < 1.29 is 13.2 Å². The summed E-state index contributed by atoms with van der Waals surface area (Å²) in [4.78, 5) is 11.8. The molecule has 0 radical (unpaired) electrons. The quantitative estimate of drug-likeness (QED) is 0.824. The van der Waals surface area contributed by atoms with Crippen molar-refractivity contribution in [1.29, 1.82) is 0 Å². The molecule has 1 unspecified atom stereocenters. The summed E-state index contributed by atoms with van der Waals surface area (Å²) in [6.07, 6.45) is 1.27. The van der Waals surface area contributed by atoms with E-state index in [0.717, 1.165) is 22.9 Å². The van der Waals surface area contributed by atoms with Gasteiger partial charge in [0.2, 0.25) is 0 Å². The molecule has 1 atom stereocenters. The molecular weight excluding hydrogens is 236 g/mol. The molecule has 94 valence electrons. The summed E-state index contributed by atoms with van der Waals surface area (Å²) in [7, 11) is -3.29. The number of ketones is 1. The van der Waals surface area contributed by atoms with Gasteiger partial charge < -0.3 is 0 Å². The molecular formula is C13H18O3S. The van der Waals surface area contributed by atoms with Crippen LogP contribution in [-0.2, 0) is 21.1 Å². The van der Waals surface area contributed by atoms with Crippen molar-refractivity contribution in [3.63, 3.8) is 0 Å². The standard InChI is InChI=1S/C13H18O3S/c1-9-5-10(2)7-12(6-9)8-13(14)11(3)17(4,15)16/h5-7,11H,8H2,1-4H3. The van der Waals surface area contributed by atoms with Gasteiger partial charge in [0, 0.05) is 12.7 Å². The zero-order valence-electron chi connectivity index (χ0n) is 10.6. The summed E-state index contributed by atoms with van der Waals surface area (Å²) < 4.78 is 22.6. The molecule has 1 aromatic carbocycles. The topological polar surface area (TPSA) is 51.2 Å².